The third kappa shape index (κ3) is 2.52. The maximum Gasteiger partial charge on any atom is 0.240 e. The molecule has 1 aromatic heterocycles. The van der Waals surface area contributed by atoms with Gasteiger partial charge in [0.2, 0.25) is 5.91 Å². The first-order valence-corrected chi connectivity index (χ1v) is 4.86. The largest absolute Gasteiger partial charge is 0.314 e. The van der Waals surface area contributed by atoms with Crippen LogP contribution in [-0.4, -0.2) is 22.8 Å². The van der Waals surface area contributed by atoms with Gasteiger partial charge < -0.3 is 4.90 Å². The molecule has 0 spiro atoms. The Hall–Kier alpha value is -0.900. The zero-order valence-electron chi connectivity index (χ0n) is 7.57. The highest BCUT2D eigenvalue weighted by atomic mass is 79.9. The lowest BCUT2D eigenvalue weighted by Crippen LogP contribution is -2.31. The van der Waals surface area contributed by atoms with Crippen LogP contribution in [0.25, 0.3) is 0 Å². The number of pyridine rings is 1. The number of nitrogens with zero attached hydrogens (tertiary/aromatic N) is 2. The number of aromatic nitrogens is 1. The van der Waals surface area contributed by atoms with Crippen LogP contribution >= 0.6 is 15.9 Å². The molecule has 4 heteroatoms. The molecule has 1 amide bonds. The van der Waals surface area contributed by atoms with E-state index in [0.717, 1.165) is 5.69 Å². The zero-order chi connectivity index (χ0) is 9.84. The van der Waals surface area contributed by atoms with Gasteiger partial charge in [0.25, 0.3) is 0 Å². The molecule has 1 aromatic rings. The molecule has 1 atom stereocenters. The SMILES string of the molecule is CC(Br)C(=O)N(C)c1ccncc1. The minimum absolute atomic E-state index is 0.0335. The van der Waals surface area contributed by atoms with Gasteiger partial charge in [-0.25, -0.2) is 0 Å². The molecule has 1 rings (SSSR count). The number of alkyl halides is 1. The fraction of sp³-hybridized carbons (Fsp3) is 0.333. The molecule has 3 nitrogen and oxygen atoms in total. The molecule has 0 saturated heterocycles. The van der Waals surface area contributed by atoms with E-state index in [4.69, 9.17) is 0 Å². The summed E-state index contributed by atoms with van der Waals surface area (Å²) in [6.07, 6.45) is 3.33. The van der Waals surface area contributed by atoms with E-state index < -0.39 is 0 Å². The van der Waals surface area contributed by atoms with Crippen molar-refractivity contribution in [2.75, 3.05) is 11.9 Å². The van der Waals surface area contributed by atoms with Crippen molar-refractivity contribution in [1.82, 2.24) is 4.98 Å². The molecule has 0 aliphatic heterocycles. The van der Waals surface area contributed by atoms with Crippen molar-refractivity contribution in [2.24, 2.45) is 0 Å². The Balaban J connectivity index is 2.80. The Morgan fingerprint density at radius 1 is 1.54 bits per heavy atom. The van der Waals surface area contributed by atoms with Crippen LogP contribution < -0.4 is 4.90 Å². The van der Waals surface area contributed by atoms with Crippen LogP contribution in [0.15, 0.2) is 24.5 Å². The fourth-order valence-corrected chi connectivity index (χ4v) is 1.27. The summed E-state index contributed by atoms with van der Waals surface area (Å²) >= 11 is 3.23. The highest BCUT2D eigenvalue weighted by Crippen LogP contribution is 2.13. The number of carbonyl (C=O) groups excluding carboxylic acids is 1. The van der Waals surface area contributed by atoms with Crippen LogP contribution in [0, 0.1) is 0 Å². The van der Waals surface area contributed by atoms with Crippen molar-refractivity contribution in [1.29, 1.82) is 0 Å². The molecule has 0 fully saturated rings. The maximum absolute atomic E-state index is 11.5. The summed E-state index contributed by atoms with van der Waals surface area (Å²) in [6.45, 7) is 1.81. The van der Waals surface area contributed by atoms with E-state index in [1.807, 2.05) is 0 Å². The van der Waals surface area contributed by atoms with Crippen molar-refractivity contribution < 1.29 is 4.79 Å². The van der Waals surface area contributed by atoms with Gasteiger partial charge in [-0.3, -0.25) is 9.78 Å². The molecule has 0 aromatic carbocycles. The molecule has 0 N–H and O–H groups in total. The number of hydrogen-bond donors (Lipinski definition) is 0. The smallest absolute Gasteiger partial charge is 0.240 e. The number of hydrogen-bond acceptors (Lipinski definition) is 2. The Kier molecular flexibility index (Phi) is 3.42. The van der Waals surface area contributed by atoms with E-state index >= 15 is 0 Å². The Morgan fingerprint density at radius 3 is 2.54 bits per heavy atom. The van der Waals surface area contributed by atoms with Crippen LogP contribution in [0.5, 0.6) is 0 Å². The number of halogens is 1. The van der Waals surface area contributed by atoms with Crippen LogP contribution in [0.4, 0.5) is 5.69 Å². The van der Waals surface area contributed by atoms with Crippen molar-refractivity contribution in [3.05, 3.63) is 24.5 Å². The molecule has 70 valence electrons. The molecule has 0 radical (unpaired) electrons. The van der Waals surface area contributed by atoms with E-state index in [9.17, 15) is 4.79 Å². The molecular formula is C9H11BrN2O. The van der Waals surface area contributed by atoms with Crippen molar-refractivity contribution >= 4 is 27.5 Å². The number of carbonyl (C=O) groups is 1. The molecule has 0 saturated carbocycles. The first-order valence-electron chi connectivity index (χ1n) is 3.94. The minimum Gasteiger partial charge on any atom is -0.314 e. The lowest BCUT2D eigenvalue weighted by Gasteiger charge is -2.18. The summed E-state index contributed by atoms with van der Waals surface area (Å²) in [7, 11) is 1.75. The predicted molar refractivity (Wildman–Crippen MR) is 56.0 cm³/mol. The lowest BCUT2D eigenvalue weighted by atomic mass is 10.3. The van der Waals surface area contributed by atoms with Gasteiger partial charge in [0.15, 0.2) is 0 Å². The predicted octanol–water partition coefficient (Wildman–Crippen LogP) is 1.83. The second kappa shape index (κ2) is 4.37. The van der Waals surface area contributed by atoms with Crippen molar-refractivity contribution in [2.45, 2.75) is 11.8 Å². The average molecular weight is 243 g/mol. The monoisotopic (exact) mass is 242 g/mol. The highest BCUT2D eigenvalue weighted by Gasteiger charge is 2.15. The van der Waals surface area contributed by atoms with Gasteiger partial charge in [0, 0.05) is 25.1 Å². The Morgan fingerprint density at radius 2 is 2.08 bits per heavy atom. The topological polar surface area (TPSA) is 33.2 Å². The Labute approximate surface area is 85.9 Å². The third-order valence-electron chi connectivity index (χ3n) is 1.72. The van der Waals surface area contributed by atoms with Gasteiger partial charge in [0.1, 0.15) is 0 Å². The molecular weight excluding hydrogens is 232 g/mol. The first kappa shape index (κ1) is 10.2. The highest BCUT2D eigenvalue weighted by molar-refractivity contribution is 9.10. The van der Waals surface area contributed by atoms with Gasteiger partial charge in [0.05, 0.1) is 4.83 Å². The van der Waals surface area contributed by atoms with Crippen molar-refractivity contribution in [3.63, 3.8) is 0 Å². The number of rotatable bonds is 2. The summed E-state index contributed by atoms with van der Waals surface area (Å²) in [5.74, 6) is 0.0335. The quantitative estimate of drug-likeness (QED) is 0.742. The van der Waals surface area contributed by atoms with Crippen LogP contribution in [-0.2, 0) is 4.79 Å². The van der Waals surface area contributed by atoms with Gasteiger partial charge >= 0.3 is 0 Å². The van der Waals surface area contributed by atoms with E-state index in [1.165, 1.54) is 0 Å². The van der Waals surface area contributed by atoms with Crippen LogP contribution in [0.3, 0.4) is 0 Å². The molecule has 0 aliphatic carbocycles. The fourth-order valence-electron chi connectivity index (χ4n) is 0.962. The van der Waals surface area contributed by atoms with E-state index in [2.05, 4.69) is 20.9 Å². The van der Waals surface area contributed by atoms with Crippen molar-refractivity contribution in [3.8, 4) is 0 Å². The zero-order valence-corrected chi connectivity index (χ0v) is 9.15. The first-order chi connectivity index (χ1) is 6.13. The van der Waals surface area contributed by atoms with Crippen LogP contribution in [0.1, 0.15) is 6.92 Å². The molecule has 0 bridgehead atoms. The summed E-state index contributed by atoms with van der Waals surface area (Å²) in [5, 5.41) is 0. The second-order valence-electron chi connectivity index (χ2n) is 2.72. The summed E-state index contributed by atoms with van der Waals surface area (Å²) < 4.78 is 0. The summed E-state index contributed by atoms with van der Waals surface area (Å²) in [6, 6.07) is 3.60. The number of anilines is 1. The molecule has 13 heavy (non-hydrogen) atoms. The third-order valence-corrected chi connectivity index (χ3v) is 2.11. The second-order valence-corrected chi connectivity index (χ2v) is 4.09. The molecule has 1 heterocycles. The van der Waals surface area contributed by atoms with Gasteiger partial charge in [-0.15, -0.1) is 0 Å². The summed E-state index contributed by atoms with van der Waals surface area (Å²) in [4.78, 5) is 16.8. The normalized spacial score (nSPS) is 12.2. The van der Waals surface area contributed by atoms with Crippen LogP contribution in [0.2, 0.25) is 0 Å². The van der Waals surface area contributed by atoms with Gasteiger partial charge in [-0.2, -0.15) is 0 Å². The number of amides is 1. The summed E-state index contributed by atoms with van der Waals surface area (Å²) in [5.41, 5.74) is 0.853. The standard InChI is InChI=1S/C9H11BrN2O/c1-7(10)9(13)12(2)8-3-5-11-6-4-8/h3-7H,1-2H3. The van der Waals surface area contributed by atoms with Gasteiger partial charge in [-0.1, -0.05) is 15.9 Å². The van der Waals surface area contributed by atoms with Gasteiger partial charge in [-0.05, 0) is 19.1 Å². The average Bonchev–Trinajstić information content (AvgIpc) is 2.17. The minimum atomic E-state index is -0.161. The maximum atomic E-state index is 11.5. The lowest BCUT2D eigenvalue weighted by molar-refractivity contribution is -0.117. The Bertz CT molecular complexity index is 287. The van der Waals surface area contributed by atoms with E-state index in [1.54, 1.807) is 43.4 Å². The molecule has 0 aliphatic rings. The van der Waals surface area contributed by atoms with E-state index in [0.29, 0.717) is 0 Å². The van der Waals surface area contributed by atoms with E-state index in [-0.39, 0.29) is 10.7 Å². The molecule has 1 unspecified atom stereocenters.